The van der Waals surface area contributed by atoms with Crippen LogP contribution in [0.5, 0.6) is 0 Å². The third-order valence-corrected chi connectivity index (χ3v) is 6.93. The van der Waals surface area contributed by atoms with Crippen molar-refractivity contribution >= 4 is 49.1 Å². The molecule has 0 spiro atoms. The van der Waals surface area contributed by atoms with Crippen molar-refractivity contribution in [1.29, 1.82) is 0 Å². The topological polar surface area (TPSA) is 41.1 Å². The van der Waals surface area contributed by atoms with E-state index >= 15 is 0 Å². The maximum absolute atomic E-state index is 12.1. The summed E-state index contributed by atoms with van der Waals surface area (Å²) in [4.78, 5) is 12.9. The van der Waals surface area contributed by atoms with Gasteiger partial charge in [-0.1, -0.05) is 0 Å². The summed E-state index contributed by atoms with van der Waals surface area (Å²) >= 11 is 8.30. The van der Waals surface area contributed by atoms with Crippen LogP contribution in [0.25, 0.3) is 0 Å². The molecule has 0 saturated carbocycles. The fourth-order valence-corrected chi connectivity index (χ4v) is 4.83. The van der Waals surface area contributed by atoms with Gasteiger partial charge in [0, 0.05) is 22.6 Å². The lowest BCUT2D eigenvalue weighted by Gasteiger charge is -2.29. The second kappa shape index (κ2) is 5.23. The van der Waals surface area contributed by atoms with E-state index in [1.165, 1.54) is 24.2 Å². The molecular formula is C12H14Br2N2OS. The number of piperidine rings is 1. The zero-order chi connectivity index (χ0) is 12.7. The van der Waals surface area contributed by atoms with Gasteiger partial charge in [0.1, 0.15) is 0 Å². The largest absolute Gasteiger partial charge is 0.348 e. The van der Waals surface area contributed by atoms with Crippen molar-refractivity contribution in [2.24, 2.45) is 0 Å². The van der Waals surface area contributed by atoms with E-state index in [1.807, 2.05) is 6.07 Å². The Labute approximate surface area is 127 Å². The molecule has 2 aliphatic heterocycles. The smallest absolute Gasteiger partial charge is 0.261 e. The molecule has 3 heterocycles. The summed E-state index contributed by atoms with van der Waals surface area (Å²) in [5.74, 6) is 0.0534. The van der Waals surface area contributed by atoms with Crippen molar-refractivity contribution in [1.82, 2.24) is 10.6 Å². The molecule has 1 amide bonds. The highest BCUT2D eigenvalue weighted by Crippen LogP contribution is 2.33. The number of rotatable bonds is 2. The molecule has 3 nitrogen and oxygen atoms in total. The van der Waals surface area contributed by atoms with Crippen LogP contribution in [0.15, 0.2) is 14.3 Å². The molecule has 2 fully saturated rings. The predicted molar refractivity (Wildman–Crippen MR) is 80.2 cm³/mol. The highest BCUT2D eigenvalue weighted by Gasteiger charge is 2.34. The lowest BCUT2D eigenvalue weighted by Crippen LogP contribution is -2.47. The molecule has 98 valence electrons. The Hall–Kier alpha value is 0.0900. The van der Waals surface area contributed by atoms with Crippen molar-refractivity contribution < 1.29 is 4.79 Å². The van der Waals surface area contributed by atoms with Gasteiger partial charge in [-0.15, -0.1) is 11.3 Å². The molecule has 1 aromatic heterocycles. The summed E-state index contributed by atoms with van der Waals surface area (Å²) < 4.78 is 1.92. The van der Waals surface area contributed by atoms with E-state index < -0.39 is 0 Å². The number of fused-ring (bicyclic) bond motifs is 2. The second-order valence-electron chi connectivity index (χ2n) is 5.01. The molecule has 2 atom stereocenters. The van der Waals surface area contributed by atoms with E-state index in [-0.39, 0.29) is 5.91 Å². The van der Waals surface area contributed by atoms with Crippen LogP contribution in [0.4, 0.5) is 0 Å². The van der Waals surface area contributed by atoms with Gasteiger partial charge in [0.25, 0.3) is 5.91 Å². The van der Waals surface area contributed by atoms with Crippen LogP contribution in [-0.2, 0) is 0 Å². The molecule has 18 heavy (non-hydrogen) atoms. The van der Waals surface area contributed by atoms with Gasteiger partial charge in [0.05, 0.1) is 8.66 Å². The van der Waals surface area contributed by atoms with Gasteiger partial charge in [-0.05, 0) is 63.6 Å². The Morgan fingerprint density at radius 2 is 2.00 bits per heavy atom. The molecule has 3 rings (SSSR count). The normalized spacial score (nSPS) is 30.4. The Bertz CT molecular complexity index is 445. The first-order valence-electron chi connectivity index (χ1n) is 6.13. The molecule has 0 radical (unpaired) electrons. The van der Waals surface area contributed by atoms with Crippen molar-refractivity contribution in [2.45, 2.75) is 43.8 Å². The van der Waals surface area contributed by atoms with Crippen LogP contribution >= 0.6 is 43.2 Å². The predicted octanol–water partition coefficient (Wildman–Crippen LogP) is 3.29. The average molecular weight is 394 g/mol. The highest BCUT2D eigenvalue weighted by atomic mass is 79.9. The first-order chi connectivity index (χ1) is 8.61. The second-order valence-corrected chi connectivity index (χ2v) is 8.24. The van der Waals surface area contributed by atoms with Crippen molar-refractivity contribution in [3.05, 3.63) is 19.2 Å². The molecule has 2 bridgehead atoms. The van der Waals surface area contributed by atoms with Crippen LogP contribution in [-0.4, -0.2) is 24.0 Å². The van der Waals surface area contributed by atoms with Gasteiger partial charge in [-0.25, -0.2) is 0 Å². The molecule has 1 aromatic rings. The zero-order valence-corrected chi connectivity index (χ0v) is 13.7. The highest BCUT2D eigenvalue weighted by molar-refractivity contribution is 9.13. The zero-order valence-electron chi connectivity index (χ0n) is 9.71. The third kappa shape index (κ3) is 2.66. The van der Waals surface area contributed by atoms with E-state index in [9.17, 15) is 4.79 Å². The van der Waals surface area contributed by atoms with E-state index in [0.29, 0.717) is 18.1 Å². The minimum Gasteiger partial charge on any atom is -0.348 e. The summed E-state index contributed by atoms with van der Waals surface area (Å²) in [5.41, 5.74) is 0. The van der Waals surface area contributed by atoms with Gasteiger partial charge in [-0.2, -0.15) is 0 Å². The monoisotopic (exact) mass is 392 g/mol. The van der Waals surface area contributed by atoms with Gasteiger partial charge in [0.2, 0.25) is 0 Å². The van der Waals surface area contributed by atoms with Crippen LogP contribution < -0.4 is 10.6 Å². The van der Waals surface area contributed by atoms with Crippen LogP contribution in [0.3, 0.4) is 0 Å². The number of carbonyl (C=O) groups is 1. The molecule has 2 saturated heterocycles. The molecule has 0 aromatic carbocycles. The van der Waals surface area contributed by atoms with E-state index in [2.05, 4.69) is 42.5 Å². The maximum Gasteiger partial charge on any atom is 0.261 e. The lowest BCUT2D eigenvalue weighted by molar-refractivity contribution is 0.0928. The van der Waals surface area contributed by atoms with Crippen molar-refractivity contribution in [2.75, 3.05) is 0 Å². The molecule has 2 unspecified atom stereocenters. The number of carbonyl (C=O) groups excluding carboxylic acids is 1. The minimum atomic E-state index is 0.0534. The fraction of sp³-hybridized carbons (Fsp3) is 0.583. The third-order valence-electron chi connectivity index (χ3n) is 3.68. The number of hydrogen-bond donors (Lipinski definition) is 2. The summed E-state index contributed by atoms with van der Waals surface area (Å²) in [6, 6.07) is 3.42. The first kappa shape index (κ1) is 13.1. The number of nitrogens with one attached hydrogen (secondary N) is 2. The molecular weight excluding hydrogens is 380 g/mol. The van der Waals surface area contributed by atoms with E-state index in [4.69, 9.17) is 0 Å². The van der Waals surface area contributed by atoms with Gasteiger partial charge in [0.15, 0.2) is 0 Å². The fourth-order valence-electron chi connectivity index (χ4n) is 2.89. The summed E-state index contributed by atoms with van der Waals surface area (Å²) in [5, 5.41) is 6.75. The lowest BCUT2D eigenvalue weighted by atomic mass is 10.00. The molecule has 6 heteroatoms. The van der Waals surface area contributed by atoms with Crippen LogP contribution in [0.2, 0.25) is 0 Å². The number of hydrogen-bond acceptors (Lipinski definition) is 3. The van der Waals surface area contributed by atoms with E-state index in [0.717, 1.165) is 26.0 Å². The van der Waals surface area contributed by atoms with Gasteiger partial charge < -0.3 is 10.6 Å². The standard InChI is InChI=1S/C12H14Br2N2OS/c13-9-5-10(18-11(9)14)12(17)16-8-3-6-1-2-7(4-8)15-6/h5-8,15H,1-4H2,(H,16,17). The quantitative estimate of drug-likeness (QED) is 0.809. The molecule has 0 aliphatic carbocycles. The average Bonchev–Trinajstić information content (AvgIpc) is 2.83. The summed E-state index contributed by atoms with van der Waals surface area (Å²) in [7, 11) is 0. The van der Waals surface area contributed by atoms with Crippen LogP contribution in [0.1, 0.15) is 35.4 Å². The maximum atomic E-state index is 12.1. The Kier molecular flexibility index (Phi) is 3.80. The van der Waals surface area contributed by atoms with Crippen molar-refractivity contribution in [3.8, 4) is 0 Å². The number of thiophene rings is 1. The SMILES string of the molecule is O=C(NC1CC2CCC(C1)N2)c1cc(Br)c(Br)s1. The van der Waals surface area contributed by atoms with Gasteiger partial charge >= 0.3 is 0 Å². The van der Waals surface area contributed by atoms with Crippen LogP contribution in [0, 0.1) is 0 Å². The minimum absolute atomic E-state index is 0.0534. The number of amides is 1. The summed E-state index contributed by atoms with van der Waals surface area (Å²) in [6.45, 7) is 0. The molecule has 2 N–H and O–H groups in total. The first-order valence-corrected chi connectivity index (χ1v) is 8.54. The Morgan fingerprint density at radius 3 is 2.56 bits per heavy atom. The van der Waals surface area contributed by atoms with E-state index in [1.54, 1.807) is 0 Å². The Balaban J connectivity index is 1.64. The Morgan fingerprint density at radius 1 is 1.33 bits per heavy atom. The summed E-state index contributed by atoms with van der Waals surface area (Å²) in [6.07, 6.45) is 4.65. The van der Waals surface area contributed by atoms with Gasteiger partial charge in [-0.3, -0.25) is 4.79 Å². The van der Waals surface area contributed by atoms with Crippen molar-refractivity contribution in [3.63, 3.8) is 0 Å². The molecule has 2 aliphatic rings. The number of halogens is 2.